The maximum atomic E-state index is 5.81. The van der Waals surface area contributed by atoms with Gasteiger partial charge in [0.2, 0.25) is 0 Å². The molecule has 2 aromatic rings. The summed E-state index contributed by atoms with van der Waals surface area (Å²) in [5, 5.41) is 3.95. The Hall–Kier alpha value is -0.800. The summed E-state index contributed by atoms with van der Waals surface area (Å²) in [6.45, 7) is 14.0. The Morgan fingerprint density at radius 3 is 2.05 bits per heavy atom. The van der Waals surface area contributed by atoms with Gasteiger partial charge in [-0.15, -0.1) is 11.3 Å². The van der Waals surface area contributed by atoms with Gasteiger partial charge in [-0.1, -0.05) is 65.2 Å². The lowest BCUT2D eigenvalue weighted by Gasteiger charge is -1.83. The fraction of sp³-hybridized carbons (Fsp3) is 0.533. The fourth-order valence-corrected chi connectivity index (χ4v) is 2.04. The van der Waals surface area contributed by atoms with Crippen molar-refractivity contribution in [1.29, 1.82) is 0 Å². The fourth-order valence-electron chi connectivity index (χ4n) is 1.05. The Balaban J connectivity index is 0. The molecule has 0 aliphatic rings. The molecular weight excluding hydrogens is 278 g/mol. The number of halogens is 1. The van der Waals surface area contributed by atoms with Crippen LogP contribution in [0.4, 0.5) is 0 Å². The molecule has 0 aromatic carbocycles. The average molecular weight is 304 g/mol. The summed E-state index contributed by atoms with van der Waals surface area (Å²) in [5.74, 6) is 0.902. The molecule has 0 bridgehead atoms. The van der Waals surface area contributed by atoms with Gasteiger partial charge in [0, 0.05) is 12.5 Å². The van der Waals surface area contributed by atoms with E-state index in [1.165, 1.54) is 11.3 Å². The molecule has 0 saturated carbocycles. The zero-order valence-electron chi connectivity index (χ0n) is 13.1. The summed E-state index contributed by atoms with van der Waals surface area (Å²) in [6, 6.07) is 5.76. The monoisotopic (exact) mass is 303 g/mol. The van der Waals surface area contributed by atoms with E-state index in [1.54, 1.807) is 0 Å². The van der Waals surface area contributed by atoms with Crippen molar-refractivity contribution >= 4 is 22.9 Å². The highest BCUT2D eigenvalue weighted by molar-refractivity contribution is 7.19. The second-order valence-electron chi connectivity index (χ2n) is 2.64. The van der Waals surface area contributed by atoms with Crippen LogP contribution in [-0.2, 0) is 6.42 Å². The minimum atomic E-state index is 0.774. The van der Waals surface area contributed by atoms with Gasteiger partial charge in [-0.05, 0) is 12.1 Å². The van der Waals surface area contributed by atoms with Crippen LogP contribution in [0.15, 0.2) is 22.7 Å². The summed E-state index contributed by atoms with van der Waals surface area (Å²) >= 11 is 7.32. The number of hydrogen-bond acceptors (Lipinski definition) is 3. The van der Waals surface area contributed by atoms with Crippen molar-refractivity contribution in [3.05, 3.63) is 28.3 Å². The van der Waals surface area contributed by atoms with Gasteiger partial charge in [0.1, 0.15) is 11.5 Å². The summed E-state index contributed by atoms with van der Waals surface area (Å²) in [7, 11) is 0. The van der Waals surface area contributed by atoms with E-state index < -0.39 is 0 Å². The first-order valence-corrected chi connectivity index (χ1v) is 8.20. The minimum Gasteiger partial charge on any atom is -0.361 e. The molecule has 2 rings (SSSR count). The summed E-state index contributed by atoms with van der Waals surface area (Å²) < 4.78 is 5.87. The third-order valence-corrected chi connectivity index (χ3v) is 2.99. The SMILES string of the molecule is CC.CC.CC.CCc1cc(-c2ccc(Cl)s2)no1. The number of rotatable bonds is 2. The average Bonchev–Trinajstić information content (AvgIpc) is 3.14. The lowest BCUT2D eigenvalue weighted by atomic mass is 10.3. The van der Waals surface area contributed by atoms with Crippen LogP contribution in [0.1, 0.15) is 54.2 Å². The number of thiophene rings is 1. The van der Waals surface area contributed by atoms with Crippen molar-refractivity contribution in [2.45, 2.75) is 54.9 Å². The molecule has 0 unspecified atom stereocenters. The van der Waals surface area contributed by atoms with Crippen molar-refractivity contribution in [2.24, 2.45) is 0 Å². The molecule has 0 aliphatic heterocycles. The molecule has 0 fully saturated rings. The van der Waals surface area contributed by atoms with E-state index in [-0.39, 0.29) is 0 Å². The van der Waals surface area contributed by atoms with Crippen LogP contribution < -0.4 is 0 Å². The van der Waals surface area contributed by atoms with Gasteiger partial charge >= 0.3 is 0 Å². The van der Waals surface area contributed by atoms with Crippen LogP contribution in [0, 0.1) is 0 Å². The van der Waals surface area contributed by atoms with Gasteiger partial charge < -0.3 is 4.52 Å². The predicted molar refractivity (Wildman–Crippen MR) is 88.2 cm³/mol. The Bertz CT molecular complexity index is 410. The maximum Gasteiger partial charge on any atom is 0.137 e. The first kappa shape index (κ1) is 20.5. The van der Waals surface area contributed by atoms with E-state index in [2.05, 4.69) is 5.16 Å². The van der Waals surface area contributed by atoms with Gasteiger partial charge in [-0.25, -0.2) is 0 Å². The molecule has 19 heavy (non-hydrogen) atoms. The van der Waals surface area contributed by atoms with Crippen LogP contribution >= 0.6 is 22.9 Å². The summed E-state index contributed by atoms with van der Waals surface area (Å²) in [5.41, 5.74) is 0.869. The smallest absolute Gasteiger partial charge is 0.137 e. The van der Waals surface area contributed by atoms with Gasteiger partial charge in [-0.2, -0.15) is 0 Å². The number of nitrogens with zero attached hydrogens (tertiary/aromatic N) is 1. The Morgan fingerprint density at radius 1 is 1.11 bits per heavy atom. The topological polar surface area (TPSA) is 26.0 Å². The van der Waals surface area contributed by atoms with E-state index in [0.717, 1.165) is 27.1 Å². The molecule has 0 atom stereocenters. The van der Waals surface area contributed by atoms with Gasteiger partial charge in [0.05, 0.1) is 9.21 Å². The second kappa shape index (κ2) is 13.6. The Labute approximate surface area is 126 Å². The van der Waals surface area contributed by atoms with Crippen LogP contribution in [0.3, 0.4) is 0 Å². The van der Waals surface area contributed by atoms with E-state index in [4.69, 9.17) is 16.1 Å². The van der Waals surface area contributed by atoms with Gasteiger partial charge in [-0.3, -0.25) is 0 Å². The van der Waals surface area contributed by atoms with Crippen LogP contribution in [0.2, 0.25) is 4.34 Å². The molecule has 0 aliphatic carbocycles. The van der Waals surface area contributed by atoms with Crippen LogP contribution in [0.5, 0.6) is 0 Å². The number of aryl methyl sites for hydroxylation is 1. The molecule has 0 amide bonds. The summed E-state index contributed by atoms with van der Waals surface area (Å²) in [6.07, 6.45) is 0.867. The predicted octanol–water partition coefficient (Wildman–Crippen LogP) is 6.70. The van der Waals surface area contributed by atoms with E-state index >= 15 is 0 Å². The van der Waals surface area contributed by atoms with Crippen LogP contribution in [-0.4, -0.2) is 5.16 Å². The normalized spacial score (nSPS) is 8.21. The second-order valence-corrected chi connectivity index (χ2v) is 4.35. The van der Waals surface area contributed by atoms with E-state index in [9.17, 15) is 0 Å². The lowest BCUT2D eigenvalue weighted by Crippen LogP contribution is -1.68. The van der Waals surface area contributed by atoms with Crippen molar-refractivity contribution in [3.8, 4) is 10.6 Å². The molecule has 110 valence electrons. The molecule has 0 radical (unpaired) electrons. The highest BCUT2D eigenvalue weighted by atomic mass is 35.5. The van der Waals surface area contributed by atoms with E-state index in [0.29, 0.717) is 0 Å². The van der Waals surface area contributed by atoms with Gasteiger partial charge in [0.15, 0.2) is 0 Å². The molecule has 0 spiro atoms. The van der Waals surface area contributed by atoms with Gasteiger partial charge in [0.25, 0.3) is 0 Å². The van der Waals surface area contributed by atoms with Crippen LogP contribution in [0.25, 0.3) is 10.6 Å². The highest BCUT2D eigenvalue weighted by Gasteiger charge is 2.06. The highest BCUT2D eigenvalue weighted by Crippen LogP contribution is 2.30. The number of aromatic nitrogens is 1. The van der Waals surface area contributed by atoms with Crippen molar-refractivity contribution in [2.75, 3.05) is 0 Å². The maximum absolute atomic E-state index is 5.81. The third kappa shape index (κ3) is 7.38. The largest absolute Gasteiger partial charge is 0.361 e. The van der Waals surface area contributed by atoms with Crippen molar-refractivity contribution in [1.82, 2.24) is 5.16 Å². The van der Waals surface area contributed by atoms with E-state index in [1.807, 2.05) is 66.7 Å². The molecule has 0 N–H and O–H groups in total. The van der Waals surface area contributed by atoms with Crippen molar-refractivity contribution < 1.29 is 4.52 Å². The molecule has 0 saturated heterocycles. The zero-order chi connectivity index (χ0) is 15.3. The number of hydrogen-bond donors (Lipinski definition) is 0. The molecule has 2 nitrogen and oxygen atoms in total. The molecule has 2 heterocycles. The summed E-state index contributed by atoms with van der Waals surface area (Å²) in [4.78, 5) is 1.05. The first-order valence-electron chi connectivity index (χ1n) is 7.01. The van der Waals surface area contributed by atoms with Crippen molar-refractivity contribution in [3.63, 3.8) is 0 Å². The lowest BCUT2D eigenvalue weighted by molar-refractivity contribution is 0.389. The molecular formula is C15H26ClNOS. The Kier molecular flexibility index (Phi) is 14.7. The molecule has 4 heteroatoms. The minimum absolute atomic E-state index is 0.774. The zero-order valence-corrected chi connectivity index (χ0v) is 14.7. The molecule has 2 aromatic heterocycles. The third-order valence-electron chi connectivity index (χ3n) is 1.73. The first-order chi connectivity index (χ1) is 9.29. The Morgan fingerprint density at radius 2 is 1.68 bits per heavy atom. The standard InChI is InChI=1S/C9H8ClNOS.3C2H6/c1-2-6-5-7(11-12-6)8-3-4-9(10)13-8;3*1-2/h3-5H,2H2,1H3;3*1-2H3. The quantitative estimate of drug-likeness (QED) is 0.617.